The van der Waals surface area contributed by atoms with E-state index in [1.54, 1.807) is 12.3 Å². The second-order valence-corrected chi connectivity index (χ2v) is 24.1. The van der Waals surface area contributed by atoms with Crippen molar-refractivity contribution < 1.29 is 65.3 Å². The molecule has 79 heavy (non-hydrogen) atoms. The van der Waals surface area contributed by atoms with Gasteiger partial charge in [-0.15, -0.1) is 0 Å². The molecule has 15 heteroatoms. The number of ether oxygens (including phenoxy) is 3. The van der Waals surface area contributed by atoms with Gasteiger partial charge in [0, 0.05) is 19.4 Å². The predicted molar refractivity (Wildman–Crippen MR) is 318 cm³/mol. The third kappa shape index (κ3) is 30.3. The number of allylic oxidation sites excluding steroid dienone is 2. The summed E-state index contributed by atoms with van der Waals surface area (Å²) in [4.78, 5) is 0. The lowest BCUT2D eigenvalue weighted by atomic mass is 9.82. The zero-order chi connectivity index (χ0) is 57.9. The molecule has 0 aromatic rings. The topological polar surface area (TPSA) is 254 Å². The lowest BCUT2D eigenvalue weighted by Gasteiger charge is -2.58. The van der Waals surface area contributed by atoms with Crippen LogP contribution in [0.2, 0.25) is 0 Å². The fourth-order valence-corrected chi connectivity index (χ4v) is 11.6. The molecule has 0 aliphatic carbocycles. The molecule has 0 bridgehead atoms. The number of hydrogen-bond donors (Lipinski definition) is 12. The Morgan fingerprint density at radius 1 is 0.468 bits per heavy atom. The minimum Gasteiger partial charge on any atom is -0.394 e. The van der Waals surface area contributed by atoms with Gasteiger partial charge in [-0.3, -0.25) is 0 Å². The SMILES string of the molecule is CCCCCCCCCCCCCCCCCCCCC=CNCC(O)C[C@@]1(O)O[C@H](CO)[C@H](O)[C@H](O[C@]2(CC(C)O)O[C@H](CO)[C@H](O)[C@H](O)[C@]2(O)NC=CCCCCCCCCCCCCCCCCCCCCCC)[C@H]1O. The van der Waals surface area contributed by atoms with E-state index in [1.165, 1.54) is 219 Å². The van der Waals surface area contributed by atoms with Crippen LogP contribution in [0, 0.1) is 0 Å². The van der Waals surface area contributed by atoms with Crippen molar-refractivity contribution in [1.29, 1.82) is 0 Å². The van der Waals surface area contributed by atoms with Gasteiger partial charge in [-0.05, 0) is 45.0 Å². The zero-order valence-corrected chi connectivity index (χ0v) is 50.5. The van der Waals surface area contributed by atoms with Crippen molar-refractivity contribution >= 4 is 0 Å². The summed E-state index contributed by atoms with van der Waals surface area (Å²) in [5, 5.41) is 118. The number of rotatable bonds is 53. The van der Waals surface area contributed by atoms with Crippen molar-refractivity contribution in [2.45, 2.75) is 363 Å². The first-order valence-corrected chi connectivity index (χ1v) is 32.8. The van der Waals surface area contributed by atoms with Crippen LogP contribution in [0.4, 0.5) is 0 Å². The molecule has 0 radical (unpaired) electrons. The Morgan fingerprint density at radius 3 is 1.19 bits per heavy atom. The van der Waals surface area contributed by atoms with Crippen LogP contribution in [-0.4, -0.2) is 143 Å². The minimum atomic E-state index is -2.79. The van der Waals surface area contributed by atoms with Crippen LogP contribution >= 0.6 is 0 Å². The average Bonchev–Trinajstić information content (AvgIpc) is 3.56. The Morgan fingerprint density at radius 2 is 0.823 bits per heavy atom. The van der Waals surface area contributed by atoms with Crippen molar-refractivity contribution in [1.82, 2.24) is 10.6 Å². The maximum absolute atomic E-state index is 12.4. The largest absolute Gasteiger partial charge is 0.394 e. The third-order valence-electron chi connectivity index (χ3n) is 16.6. The molecular formula is C64H124N2O13. The Bertz CT molecular complexity index is 1460. The van der Waals surface area contributed by atoms with Crippen molar-refractivity contribution in [2.75, 3.05) is 19.8 Å². The highest BCUT2D eigenvalue weighted by molar-refractivity contribution is 5.11. The van der Waals surface area contributed by atoms with Crippen LogP contribution in [0.1, 0.15) is 290 Å². The molecule has 0 saturated carbocycles. The van der Waals surface area contributed by atoms with Crippen LogP contribution < -0.4 is 10.6 Å². The molecule has 2 aliphatic rings. The fraction of sp³-hybridized carbons (Fsp3) is 0.938. The second-order valence-electron chi connectivity index (χ2n) is 24.1. The van der Waals surface area contributed by atoms with Crippen LogP contribution in [-0.2, 0) is 14.2 Å². The molecule has 2 unspecified atom stereocenters. The smallest absolute Gasteiger partial charge is 0.223 e. The molecule has 0 amide bonds. The lowest BCUT2D eigenvalue weighted by Crippen LogP contribution is -2.80. The second kappa shape index (κ2) is 45.9. The maximum Gasteiger partial charge on any atom is 0.223 e. The van der Waals surface area contributed by atoms with Gasteiger partial charge in [-0.25, -0.2) is 0 Å². The van der Waals surface area contributed by atoms with Gasteiger partial charge in [0.05, 0.1) is 25.4 Å². The van der Waals surface area contributed by atoms with Crippen molar-refractivity contribution in [2.24, 2.45) is 0 Å². The van der Waals surface area contributed by atoms with Crippen LogP contribution in [0.25, 0.3) is 0 Å². The summed E-state index contributed by atoms with van der Waals surface area (Å²) >= 11 is 0. The number of aliphatic hydroxyl groups is 10. The van der Waals surface area contributed by atoms with Gasteiger partial charge >= 0.3 is 0 Å². The first kappa shape index (κ1) is 73.7. The van der Waals surface area contributed by atoms with Gasteiger partial charge in [0.2, 0.25) is 11.5 Å². The molecule has 2 heterocycles. The molecule has 12 N–H and O–H groups in total. The van der Waals surface area contributed by atoms with E-state index in [9.17, 15) is 51.1 Å². The van der Waals surface area contributed by atoms with E-state index in [0.29, 0.717) is 6.42 Å². The summed E-state index contributed by atoms with van der Waals surface area (Å²) in [6.07, 6.45) is 40.7. The van der Waals surface area contributed by atoms with Crippen LogP contribution in [0.15, 0.2) is 24.6 Å². The monoisotopic (exact) mass is 1130 g/mol. The van der Waals surface area contributed by atoms with Crippen molar-refractivity contribution in [3.05, 3.63) is 24.6 Å². The molecule has 0 aromatic carbocycles. The Hall–Kier alpha value is -1.44. The molecular weight excluding hydrogens is 1000 g/mol. The minimum absolute atomic E-state index is 0.0429. The van der Waals surface area contributed by atoms with E-state index < -0.39 is 98.3 Å². The van der Waals surface area contributed by atoms with Gasteiger partial charge in [-0.2, -0.15) is 0 Å². The number of unbranched alkanes of at least 4 members (excludes halogenated alkanes) is 38. The van der Waals surface area contributed by atoms with Crippen LogP contribution in [0.5, 0.6) is 0 Å². The normalized spacial score (nSPS) is 27.3. The standard InChI is InChI=1S/C64H124N2O13/c1-4-6-8-10-12-14-16-18-20-22-24-26-27-29-31-33-35-37-39-41-43-45-47-66-64(76)60(73)58(72)56(52-68)78-63(64,48-53(3)69)79-59-57(71)55(51-67)77-62(75,61(59)74)49-54(70)50-65-46-44-42-40-38-36-34-32-30-28-25-23-21-19-17-15-13-11-9-7-5-2/h44-47,53-61,65-76H,4-43,48-52H2,1-3H3/t53?,54?,55-,56-,57+,58+,59+,60+,61-,62-,63+,64-/m1/s1. The van der Waals surface area contributed by atoms with E-state index in [4.69, 9.17) is 14.2 Å². The van der Waals surface area contributed by atoms with E-state index in [1.807, 2.05) is 6.08 Å². The summed E-state index contributed by atoms with van der Waals surface area (Å²) in [7, 11) is 0. The summed E-state index contributed by atoms with van der Waals surface area (Å²) in [6, 6.07) is 0. The van der Waals surface area contributed by atoms with E-state index in [-0.39, 0.29) is 6.54 Å². The van der Waals surface area contributed by atoms with Gasteiger partial charge < -0.3 is 75.9 Å². The van der Waals surface area contributed by atoms with E-state index >= 15 is 0 Å². The van der Waals surface area contributed by atoms with Crippen molar-refractivity contribution in [3.8, 4) is 0 Å². The van der Waals surface area contributed by atoms with Gasteiger partial charge in [0.25, 0.3) is 0 Å². The summed E-state index contributed by atoms with van der Waals surface area (Å²) < 4.78 is 17.9. The fourth-order valence-electron chi connectivity index (χ4n) is 11.6. The first-order valence-electron chi connectivity index (χ1n) is 32.8. The number of aliphatic hydroxyl groups excluding tert-OH is 8. The molecule has 468 valence electrons. The number of hydrogen-bond acceptors (Lipinski definition) is 15. The summed E-state index contributed by atoms with van der Waals surface area (Å²) in [5.74, 6) is -5.24. The molecule has 12 atom stereocenters. The molecule has 2 fully saturated rings. The molecule has 2 aliphatic heterocycles. The highest BCUT2D eigenvalue weighted by Crippen LogP contribution is 2.45. The van der Waals surface area contributed by atoms with E-state index in [0.717, 1.165) is 44.9 Å². The molecule has 2 rings (SSSR count). The van der Waals surface area contributed by atoms with E-state index in [2.05, 4.69) is 24.5 Å². The molecule has 2 saturated heterocycles. The summed E-state index contributed by atoms with van der Waals surface area (Å²) in [5.41, 5.74) is -2.79. The van der Waals surface area contributed by atoms with Gasteiger partial charge in [0.1, 0.15) is 42.7 Å². The predicted octanol–water partition coefficient (Wildman–Crippen LogP) is 11.0. The summed E-state index contributed by atoms with van der Waals surface area (Å²) in [6.45, 7) is 4.12. The Kier molecular flexibility index (Phi) is 42.8. The quantitative estimate of drug-likeness (QED) is 0.0200. The van der Waals surface area contributed by atoms with Crippen molar-refractivity contribution in [3.63, 3.8) is 0 Å². The average molecular weight is 1130 g/mol. The number of nitrogens with one attached hydrogen (secondary N) is 2. The highest BCUT2D eigenvalue weighted by Gasteiger charge is 2.68. The first-order chi connectivity index (χ1) is 38.3. The highest BCUT2D eigenvalue weighted by atomic mass is 16.7. The molecule has 0 aromatic heterocycles. The molecule has 0 spiro atoms. The van der Waals surface area contributed by atoms with Gasteiger partial charge in [0.15, 0.2) is 5.79 Å². The lowest BCUT2D eigenvalue weighted by molar-refractivity contribution is -0.448. The zero-order valence-electron chi connectivity index (χ0n) is 50.5. The Labute approximate surface area is 481 Å². The maximum atomic E-state index is 12.4. The Balaban J connectivity index is 1.82. The third-order valence-corrected chi connectivity index (χ3v) is 16.6. The van der Waals surface area contributed by atoms with Gasteiger partial charge in [-0.1, -0.05) is 257 Å². The molecule has 15 nitrogen and oxygen atoms in total. The van der Waals surface area contributed by atoms with Crippen LogP contribution in [0.3, 0.4) is 0 Å².